The van der Waals surface area contributed by atoms with E-state index in [-0.39, 0.29) is 23.7 Å². The molecule has 1 aliphatic rings. The van der Waals surface area contributed by atoms with Crippen molar-refractivity contribution in [2.45, 2.75) is 18.9 Å². The van der Waals surface area contributed by atoms with Crippen molar-refractivity contribution in [2.24, 2.45) is 0 Å². The molecule has 6 heteroatoms. The molecule has 0 aliphatic carbocycles. The Morgan fingerprint density at radius 2 is 1.69 bits per heavy atom. The first kappa shape index (κ1) is 22.2. The van der Waals surface area contributed by atoms with Crippen molar-refractivity contribution in [3.8, 4) is 5.75 Å². The molecule has 0 spiro atoms. The third-order valence-corrected chi connectivity index (χ3v) is 6.18. The second-order valence-electron chi connectivity index (χ2n) is 8.16. The summed E-state index contributed by atoms with van der Waals surface area (Å²) in [7, 11) is 1.65. The van der Waals surface area contributed by atoms with Gasteiger partial charge in [0.1, 0.15) is 11.6 Å². The largest absolute Gasteiger partial charge is 0.497 e. The number of morpholine rings is 1. The first-order valence-electron chi connectivity index (χ1n) is 11.0. The van der Waals surface area contributed by atoms with Crippen LogP contribution in [0.15, 0.2) is 60.7 Å². The highest BCUT2D eigenvalue weighted by Crippen LogP contribution is 2.26. The summed E-state index contributed by atoms with van der Waals surface area (Å²) in [6, 6.07) is 18.5. The van der Waals surface area contributed by atoms with Gasteiger partial charge in [0, 0.05) is 19.6 Å². The summed E-state index contributed by atoms with van der Waals surface area (Å²) >= 11 is 0. The second kappa shape index (κ2) is 10.1. The molecule has 1 N–H and O–H groups in total. The Morgan fingerprint density at radius 1 is 1.03 bits per heavy atom. The van der Waals surface area contributed by atoms with Crippen LogP contribution in [0.4, 0.5) is 4.39 Å². The van der Waals surface area contributed by atoms with E-state index in [2.05, 4.69) is 16.3 Å². The molecule has 1 fully saturated rings. The number of hydrogen-bond acceptors (Lipinski definition) is 4. The van der Waals surface area contributed by atoms with Gasteiger partial charge in [0.15, 0.2) is 0 Å². The number of carbonyl (C=O) groups is 1. The van der Waals surface area contributed by atoms with E-state index in [1.165, 1.54) is 12.1 Å². The van der Waals surface area contributed by atoms with E-state index < -0.39 is 0 Å². The fourth-order valence-corrected chi connectivity index (χ4v) is 4.17. The SMILES string of the molecule is COc1ccc2cc([C@@H](C)C(=O)NC[C@H](c3ccc(F)cc3)N3CCOCC3)ccc2c1. The third kappa shape index (κ3) is 5.09. The summed E-state index contributed by atoms with van der Waals surface area (Å²) in [5.41, 5.74) is 1.95. The predicted octanol–water partition coefficient (Wildman–Crippen LogP) is 4.28. The van der Waals surface area contributed by atoms with Crippen LogP contribution >= 0.6 is 0 Å². The molecule has 1 amide bonds. The number of nitrogens with one attached hydrogen (secondary N) is 1. The minimum atomic E-state index is -0.292. The van der Waals surface area contributed by atoms with Crippen LogP contribution in [-0.4, -0.2) is 50.8 Å². The molecule has 3 aromatic rings. The van der Waals surface area contributed by atoms with Crippen LogP contribution in [0.2, 0.25) is 0 Å². The Labute approximate surface area is 188 Å². The lowest BCUT2D eigenvalue weighted by Crippen LogP contribution is -2.44. The summed E-state index contributed by atoms with van der Waals surface area (Å²) < 4.78 is 24.2. The van der Waals surface area contributed by atoms with Crippen molar-refractivity contribution < 1.29 is 18.7 Å². The number of carbonyl (C=O) groups excluding carboxylic acids is 1. The Morgan fingerprint density at radius 3 is 2.41 bits per heavy atom. The Balaban J connectivity index is 1.47. The van der Waals surface area contributed by atoms with Gasteiger partial charge in [-0.3, -0.25) is 9.69 Å². The minimum absolute atomic E-state index is 0.0280. The van der Waals surface area contributed by atoms with E-state index in [1.807, 2.05) is 37.3 Å². The van der Waals surface area contributed by atoms with Gasteiger partial charge in [0.25, 0.3) is 0 Å². The van der Waals surface area contributed by atoms with E-state index in [9.17, 15) is 9.18 Å². The zero-order valence-corrected chi connectivity index (χ0v) is 18.5. The number of ether oxygens (including phenoxy) is 2. The molecule has 1 saturated heterocycles. The molecular formula is C26H29FN2O3. The maximum Gasteiger partial charge on any atom is 0.227 e. The molecule has 0 radical (unpaired) electrons. The van der Waals surface area contributed by atoms with E-state index in [0.717, 1.165) is 40.7 Å². The maximum atomic E-state index is 13.4. The number of amides is 1. The van der Waals surface area contributed by atoms with E-state index in [1.54, 1.807) is 19.2 Å². The van der Waals surface area contributed by atoms with Gasteiger partial charge in [0.05, 0.1) is 32.3 Å². The second-order valence-corrected chi connectivity index (χ2v) is 8.16. The molecule has 5 nitrogen and oxygen atoms in total. The Kier molecular flexibility index (Phi) is 7.02. The van der Waals surface area contributed by atoms with E-state index >= 15 is 0 Å². The molecular weight excluding hydrogens is 407 g/mol. The van der Waals surface area contributed by atoms with Crippen molar-refractivity contribution >= 4 is 16.7 Å². The van der Waals surface area contributed by atoms with E-state index in [4.69, 9.17) is 9.47 Å². The maximum absolute atomic E-state index is 13.4. The van der Waals surface area contributed by atoms with Crippen molar-refractivity contribution in [3.63, 3.8) is 0 Å². The zero-order valence-electron chi connectivity index (χ0n) is 18.5. The Hall–Kier alpha value is -2.96. The lowest BCUT2D eigenvalue weighted by molar-refractivity contribution is -0.122. The lowest BCUT2D eigenvalue weighted by Gasteiger charge is -2.35. The predicted molar refractivity (Wildman–Crippen MR) is 123 cm³/mol. The molecule has 1 aliphatic heterocycles. The van der Waals surface area contributed by atoms with Crippen LogP contribution in [0.3, 0.4) is 0 Å². The molecule has 0 saturated carbocycles. The van der Waals surface area contributed by atoms with E-state index in [0.29, 0.717) is 19.8 Å². The van der Waals surface area contributed by atoms with Crippen molar-refractivity contribution in [1.82, 2.24) is 10.2 Å². The highest BCUT2D eigenvalue weighted by Gasteiger charge is 2.24. The summed E-state index contributed by atoms with van der Waals surface area (Å²) in [6.07, 6.45) is 0. The van der Waals surface area contributed by atoms with Crippen LogP contribution in [-0.2, 0) is 9.53 Å². The number of methoxy groups -OCH3 is 1. The number of benzene rings is 3. The van der Waals surface area contributed by atoms with Crippen molar-refractivity contribution in [1.29, 1.82) is 0 Å². The molecule has 2 atom stereocenters. The van der Waals surface area contributed by atoms with Gasteiger partial charge in [-0.25, -0.2) is 4.39 Å². The highest BCUT2D eigenvalue weighted by atomic mass is 19.1. The lowest BCUT2D eigenvalue weighted by atomic mass is 9.96. The standard InChI is InChI=1S/C26H29FN2O3/c1-18(20-3-4-22-16-24(31-2)10-7-21(22)15-20)26(30)28-17-25(29-11-13-32-14-12-29)19-5-8-23(27)9-6-19/h3-10,15-16,18,25H,11-14,17H2,1-2H3,(H,28,30)/t18-,25-/m1/s1. The van der Waals surface area contributed by atoms with Crippen molar-refractivity contribution in [3.05, 3.63) is 77.6 Å². The zero-order chi connectivity index (χ0) is 22.5. The Bertz CT molecular complexity index is 1060. The third-order valence-electron chi connectivity index (χ3n) is 6.18. The first-order chi connectivity index (χ1) is 15.5. The number of hydrogen-bond donors (Lipinski definition) is 1. The van der Waals surface area contributed by atoms with Gasteiger partial charge >= 0.3 is 0 Å². The molecule has 168 valence electrons. The van der Waals surface area contributed by atoms with Gasteiger partial charge in [0.2, 0.25) is 5.91 Å². The fraction of sp³-hybridized carbons (Fsp3) is 0.346. The molecule has 3 aromatic carbocycles. The molecule has 32 heavy (non-hydrogen) atoms. The summed E-state index contributed by atoms with van der Waals surface area (Å²) in [4.78, 5) is 15.3. The molecule has 4 rings (SSSR count). The highest BCUT2D eigenvalue weighted by molar-refractivity contribution is 5.88. The van der Waals surface area contributed by atoms with Crippen LogP contribution in [0, 0.1) is 5.82 Å². The number of nitrogens with zero attached hydrogens (tertiary/aromatic N) is 1. The normalized spacial score (nSPS) is 16.5. The van der Waals surface area contributed by atoms with Crippen LogP contribution < -0.4 is 10.1 Å². The van der Waals surface area contributed by atoms with Gasteiger partial charge in [-0.05, 0) is 53.1 Å². The summed E-state index contributed by atoms with van der Waals surface area (Å²) in [5, 5.41) is 5.27. The molecule has 0 aromatic heterocycles. The smallest absolute Gasteiger partial charge is 0.227 e. The number of fused-ring (bicyclic) bond motifs is 1. The molecule has 0 unspecified atom stereocenters. The average Bonchev–Trinajstić information content (AvgIpc) is 2.84. The average molecular weight is 437 g/mol. The van der Waals surface area contributed by atoms with Gasteiger partial charge in [-0.15, -0.1) is 0 Å². The fourth-order valence-electron chi connectivity index (χ4n) is 4.17. The van der Waals surface area contributed by atoms with Crippen LogP contribution in [0.5, 0.6) is 5.75 Å². The number of halogens is 1. The van der Waals surface area contributed by atoms with Gasteiger partial charge < -0.3 is 14.8 Å². The topological polar surface area (TPSA) is 50.8 Å². The van der Waals surface area contributed by atoms with Gasteiger partial charge in [-0.2, -0.15) is 0 Å². The molecule has 0 bridgehead atoms. The van der Waals surface area contributed by atoms with Crippen LogP contribution in [0.1, 0.15) is 30.0 Å². The number of rotatable bonds is 7. The van der Waals surface area contributed by atoms with Crippen molar-refractivity contribution in [2.75, 3.05) is 40.0 Å². The van der Waals surface area contributed by atoms with Crippen LogP contribution in [0.25, 0.3) is 10.8 Å². The first-order valence-corrected chi connectivity index (χ1v) is 11.0. The quantitative estimate of drug-likeness (QED) is 0.601. The van der Waals surface area contributed by atoms with Gasteiger partial charge in [-0.1, -0.05) is 36.4 Å². The summed E-state index contributed by atoms with van der Waals surface area (Å²) in [5.74, 6) is 0.227. The minimum Gasteiger partial charge on any atom is -0.497 e. The molecule has 1 heterocycles. The monoisotopic (exact) mass is 436 g/mol. The summed E-state index contributed by atoms with van der Waals surface area (Å²) in [6.45, 7) is 5.25.